The maximum absolute atomic E-state index is 12.9. The van der Waals surface area contributed by atoms with E-state index in [1.807, 2.05) is 6.07 Å². The highest BCUT2D eigenvalue weighted by atomic mass is 79.9. The van der Waals surface area contributed by atoms with Gasteiger partial charge in [0.2, 0.25) is 0 Å². The zero-order chi connectivity index (χ0) is 9.14. The van der Waals surface area contributed by atoms with Gasteiger partial charge in [0.15, 0.2) is 0 Å². The fourth-order valence-electron chi connectivity index (χ4n) is 0.829. The Balaban J connectivity index is 3.36. The van der Waals surface area contributed by atoms with Crippen LogP contribution in [-0.4, -0.2) is 5.11 Å². The van der Waals surface area contributed by atoms with E-state index in [9.17, 15) is 4.39 Å². The Morgan fingerprint density at radius 3 is 2.75 bits per heavy atom. The van der Waals surface area contributed by atoms with Crippen LogP contribution < -0.4 is 0 Å². The summed E-state index contributed by atoms with van der Waals surface area (Å²) in [5.74, 6) is -0.511. The molecule has 0 bridgehead atoms. The molecular weight excluding hydrogens is 225 g/mol. The smallest absolute Gasteiger partial charge is 0.129 e. The third-order valence-corrected chi connectivity index (χ3v) is 2.37. The number of halogens is 2. The predicted octanol–water partition coefficient (Wildman–Crippen LogP) is 1.95. The Morgan fingerprint density at radius 2 is 2.25 bits per heavy atom. The zero-order valence-corrected chi connectivity index (χ0v) is 7.60. The van der Waals surface area contributed by atoms with Gasteiger partial charge < -0.3 is 5.11 Å². The van der Waals surface area contributed by atoms with Crippen LogP contribution in [0.4, 0.5) is 4.39 Å². The van der Waals surface area contributed by atoms with Gasteiger partial charge in [-0.25, -0.2) is 4.39 Å². The van der Waals surface area contributed by atoms with Gasteiger partial charge in [0.1, 0.15) is 11.9 Å². The fourth-order valence-corrected chi connectivity index (χ4v) is 1.36. The molecule has 0 aliphatic heterocycles. The Hall–Kier alpha value is -0.920. The monoisotopic (exact) mass is 229 g/mol. The normalized spacial score (nSPS) is 9.50. The van der Waals surface area contributed by atoms with Crippen LogP contribution in [0.25, 0.3) is 0 Å². The van der Waals surface area contributed by atoms with Gasteiger partial charge in [0, 0.05) is 10.0 Å². The van der Waals surface area contributed by atoms with Gasteiger partial charge in [-0.1, -0.05) is 0 Å². The predicted molar refractivity (Wildman–Crippen MR) is 44.7 cm³/mol. The van der Waals surface area contributed by atoms with Crippen LogP contribution in [0, 0.1) is 17.1 Å². The standard InChI is InChI=1S/C8H5BrFNO/c9-8-5(3-11)1-2-7(10)6(8)4-12/h1-2,12H,4H2. The van der Waals surface area contributed by atoms with Gasteiger partial charge in [0.05, 0.1) is 12.2 Å². The second-order valence-corrected chi connectivity index (χ2v) is 2.95. The summed E-state index contributed by atoms with van der Waals surface area (Å²) in [5.41, 5.74) is 0.439. The molecule has 0 aromatic heterocycles. The summed E-state index contributed by atoms with van der Waals surface area (Å²) in [5, 5.41) is 17.3. The minimum atomic E-state index is -0.511. The lowest BCUT2D eigenvalue weighted by Crippen LogP contribution is -1.93. The van der Waals surface area contributed by atoms with Crippen molar-refractivity contribution >= 4 is 15.9 Å². The van der Waals surface area contributed by atoms with E-state index in [0.29, 0.717) is 10.0 Å². The lowest BCUT2D eigenvalue weighted by atomic mass is 10.1. The molecule has 0 radical (unpaired) electrons. The molecule has 1 rings (SSSR count). The van der Waals surface area contributed by atoms with Crippen molar-refractivity contribution in [2.45, 2.75) is 6.61 Å². The first-order valence-corrected chi connectivity index (χ1v) is 3.98. The van der Waals surface area contributed by atoms with Gasteiger partial charge in [-0.15, -0.1) is 0 Å². The summed E-state index contributed by atoms with van der Waals surface area (Å²) in [6.45, 7) is -0.415. The number of nitrogens with zero attached hydrogens (tertiary/aromatic N) is 1. The summed E-state index contributed by atoms with van der Waals surface area (Å²) < 4.78 is 13.2. The molecule has 1 aromatic carbocycles. The van der Waals surface area contributed by atoms with Crippen LogP contribution in [0.15, 0.2) is 16.6 Å². The molecule has 0 aliphatic rings. The van der Waals surface area contributed by atoms with Crippen molar-refractivity contribution in [2.75, 3.05) is 0 Å². The number of rotatable bonds is 1. The average molecular weight is 230 g/mol. The van der Waals surface area contributed by atoms with E-state index >= 15 is 0 Å². The summed E-state index contributed by atoms with van der Waals surface area (Å²) in [7, 11) is 0. The summed E-state index contributed by atoms with van der Waals surface area (Å²) >= 11 is 3.03. The van der Waals surface area contributed by atoms with Crippen LogP contribution >= 0.6 is 15.9 Å². The maximum Gasteiger partial charge on any atom is 0.129 e. The number of hydrogen-bond donors (Lipinski definition) is 1. The summed E-state index contributed by atoms with van der Waals surface area (Å²) in [6, 6.07) is 4.39. The van der Waals surface area contributed by atoms with Crippen molar-refractivity contribution in [2.24, 2.45) is 0 Å². The Labute approximate surface area is 77.4 Å². The lowest BCUT2D eigenvalue weighted by molar-refractivity contribution is 0.275. The number of aliphatic hydroxyl groups is 1. The largest absolute Gasteiger partial charge is 0.392 e. The van der Waals surface area contributed by atoms with E-state index in [2.05, 4.69) is 15.9 Å². The molecule has 1 N–H and O–H groups in total. The highest BCUT2D eigenvalue weighted by Crippen LogP contribution is 2.23. The first kappa shape index (κ1) is 9.17. The highest BCUT2D eigenvalue weighted by molar-refractivity contribution is 9.10. The lowest BCUT2D eigenvalue weighted by Gasteiger charge is -2.02. The zero-order valence-electron chi connectivity index (χ0n) is 6.01. The molecule has 0 atom stereocenters. The maximum atomic E-state index is 12.9. The van der Waals surface area contributed by atoms with Crippen LogP contribution in [0.1, 0.15) is 11.1 Å². The van der Waals surface area contributed by atoms with E-state index in [4.69, 9.17) is 10.4 Å². The fraction of sp³-hybridized carbons (Fsp3) is 0.125. The van der Waals surface area contributed by atoms with Crippen molar-refractivity contribution in [1.29, 1.82) is 5.26 Å². The van der Waals surface area contributed by atoms with E-state index in [0.717, 1.165) is 6.07 Å². The van der Waals surface area contributed by atoms with E-state index < -0.39 is 12.4 Å². The van der Waals surface area contributed by atoms with E-state index in [1.165, 1.54) is 6.07 Å². The first-order chi connectivity index (χ1) is 5.70. The quantitative estimate of drug-likeness (QED) is 0.801. The van der Waals surface area contributed by atoms with Crippen LogP contribution in [0.2, 0.25) is 0 Å². The van der Waals surface area contributed by atoms with Gasteiger partial charge in [-0.05, 0) is 28.1 Å². The molecule has 2 nitrogen and oxygen atoms in total. The molecule has 12 heavy (non-hydrogen) atoms. The van der Waals surface area contributed by atoms with Gasteiger partial charge in [-0.3, -0.25) is 0 Å². The molecule has 0 spiro atoms. The SMILES string of the molecule is N#Cc1ccc(F)c(CO)c1Br. The summed E-state index contributed by atoms with van der Waals surface area (Å²) in [6.07, 6.45) is 0. The average Bonchev–Trinajstić information content (AvgIpc) is 2.06. The topological polar surface area (TPSA) is 44.0 Å². The van der Waals surface area contributed by atoms with Crippen LogP contribution in [-0.2, 0) is 6.61 Å². The minimum Gasteiger partial charge on any atom is -0.392 e. The van der Waals surface area contributed by atoms with E-state index in [1.54, 1.807) is 0 Å². The number of nitriles is 1. The Morgan fingerprint density at radius 1 is 1.58 bits per heavy atom. The molecule has 4 heteroatoms. The Kier molecular flexibility index (Phi) is 2.79. The van der Waals surface area contributed by atoms with Crippen LogP contribution in [0.3, 0.4) is 0 Å². The third kappa shape index (κ3) is 1.47. The van der Waals surface area contributed by atoms with Crippen molar-refractivity contribution in [1.82, 2.24) is 0 Å². The van der Waals surface area contributed by atoms with Gasteiger partial charge in [-0.2, -0.15) is 5.26 Å². The molecular formula is C8H5BrFNO. The van der Waals surface area contributed by atoms with Gasteiger partial charge in [0.25, 0.3) is 0 Å². The molecule has 0 aliphatic carbocycles. The molecule has 0 fully saturated rings. The molecule has 0 heterocycles. The van der Waals surface area contributed by atoms with Crippen molar-refractivity contribution in [3.05, 3.63) is 33.5 Å². The van der Waals surface area contributed by atoms with Gasteiger partial charge >= 0.3 is 0 Å². The first-order valence-electron chi connectivity index (χ1n) is 3.18. The second kappa shape index (κ2) is 3.65. The number of hydrogen-bond acceptors (Lipinski definition) is 2. The van der Waals surface area contributed by atoms with Crippen LogP contribution in [0.5, 0.6) is 0 Å². The highest BCUT2D eigenvalue weighted by Gasteiger charge is 2.09. The third-order valence-electron chi connectivity index (χ3n) is 1.46. The molecule has 0 saturated heterocycles. The van der Waals surface area contributed by atoms with Crippen molar-refractivity contribution in [3.8, 4) is 6.07 Å². The molecule has 0 amide bonds. The Bertz CT molecular complexity index is 346. The summed E-state index contributed by atoms with van der Waals surface area (Å²) in [4.78, 5) is 0. The number of aliphatic hydroxyl groups excluding tert-OH is 1. The molecule has 0 saturated carbocycles. The molecule has 62 valence electrons. The number of benzene rings is 1. The molecule has 1 aromatic rings. The van der Waals surface area contributed by atoms with Crippen molar-refractivity contribution < 1.29 is 9.50 Å². The minimum absolute atomic E-state index is 0.119. The second-order valence-electron chi connectivity index (χ2n) is 2.16. The van der Waals surface area contributed by atoms with Crippen molar-refractivity contribution in [3.63, 3.8) is 0 Å². The molecule has 0 unspecified atom stereocenters. The van der Waals surface area contributed by atoms with E-state index in [-0.39, 0.29) is 5.56 Å².